The van der Waals surface area contributed by atoms with Gasteiger partial charge in [-0.2, -0.15) is 13.1 Å². The van der Waals surface area contributed by atoms with E-state index in [9.17, 15) is 22.0 Å². The molecule has 1 aliphatic heterocycles. The fraction of sp³-hybridized carbons (Fsp3) is 0.474. The zero-order valence-electron chi connectivity index (χ0n) is 17.6. The maximum atomic E-state index is 12.9. The molecule has 1 aromatic carbocycles. The van der Waals surface area contributed by atoms with Crippen LogP contribution in [0.2, 0.25) is 5.02 Å². The first kappa shape index (κ1) is 24.4. The van der Waals surface area contributed by atoms with Gasteiger partial charge in [0.15, 0.2) is 5.76 Å². The summed E-state index contributed by atoms with van der Waals surface area (Å²) in [6.07, 6.45) is 0. The third-order valence-electron chi connectivity index (χ3n) is 5.18. The molecule has 176 valence electrons. The second kappa shape index (κ2) is 9.69. The molecular formula is C19H23ClF2N4O5S. The van der Waals surface area contributed by atoms with Crippen molar-refractivity contribution in [1.82, 2.24) is 14.4 Å². The van der Waals surface area contributed by atoms with E-state index in [-0.39, 0.29) is 40.4 Å². The summed E-state index contributed by atoms with van der Waals surface area (Å²) in [5, 5.41) is 6.33. The molecule has 0 spiro atoms. The molecule has 1 atom stereocenters. The van der Waals surface area contributed by atoms with Gasteiger partial charge in [0.05, 0.1) is 11.1 Å². The Morgan fingerprint density at radius 2 is 1.91 bits per heavy atom. The van der Waals surface area contributed by atoms with Crippen LogP contribution in [0.15, 0.2) is 27.6 Å². The number of amides is 1. The molecule has 3 rings (SSSR count). The second-order valence-corrected chi connectivity index (χ2v) is 9.56. The third-order valence-corrected chi connectivity index (χ3v) is 7.62. The number of carbonyl (C=O) groups is 1. The molecule has 0 bridgehead atoms. The number of hydrogen-bond acceptors (Lipinski definition) is 7. The number of carbonyl (C=O) groups excluding carboxylic acids is 1. The summed E-state index contributed by atoms with van der Waals surface area (Å²) in [6.45, 7) is 2.92. The van der Waals surface area contributed by atoms with Gasteiger partial charge < -0.3 is 14.6 Å². The number of nitrogens with one attached hydrogen (secondary N) is 1. The molecule has 0 saturated carbocycles. The van der Waals surface area contributed by atoms with Gasteiger partial charge in [-0.3, -0.25) is 9.69 Å². The van der Waals surface area contributed by atoms with E-state index in [4.69, 9.17) is 16.1 Å². The van der Waals surface area contributed by atoms with Crippen molar-refractivity contribution in [3.05, 3.63) is 34.7 Å². The molecule has 0 radical (unpaired) electrons. The lowest BCUT2D eigenvalue weighted by molar-refractivity contribution is -0.121. The molecular weight excluding hydrogens is 470 g/mol. The Balaban J connectivity index is 1.60. The van der Waals surface area contributed by atoms with Crippen molar-refractivity contribution >= 4 is 33.2 Å². The first-order chi connectivity index (χ1) is 15.0. The number of halogens is 3. The molecule has 2 heterocycles. The highest BCUT2D eigenvalue weighted by atomic mass is 35.5. The molecule has 1 saturated heterocycles. The SMILES string of the molecule is Cc1noc(C)c1S(=O)(=O)N1CCN([C@@H](C)C(=O)Nc2ccc(OC(F)F)c(Cl)c2)CC1. The fourth-order valence-corrected chi connectivity index (χ4v) is 5.42. The van der Waals surface area contributed by atoms with Gasteiger partial charge in [-0.25, -0.2) is 8.42 Å². The minimum atomic E-state index is -3.75. The normalized spacial score (nSPS) is 16.8. The number of aromatic nitrogens is 1. The number of piperazine rings is 1. The van der Waals surface area contributed by atoms with Gasteiger partial charge in [0.25, 0.3) is 0 Å². The average molecular weight is 493 g/mol. The molecule has 32 heavy (non-hydrogen) atoms. The van der Waals surface area contributed by atoms with Gasteiger partial charge in [0.1, 0.15) is 16.3 Å². The van der Waals surface area contributed by atoms with Crippen molar-refractivity contribution < 1.29 is 31.3 Å². The van der Waals surface area contributed by atoms with Crippen LogP contribution < -0.4 is 10.1 Å². The van der Waals surface area contributed by atoms with Gasteiger partial charge in [-0.15, -0.1) is 0 Å². The number of ether oxygens (including phenoxy) is 1. The number of alkyl halides is 2. The Kier molecular flexibility index (Phi) is 7.38. The molecule has 1 fully saturated rings. The smallest absolute Gasteiger partial charge is 0.387 e. The van der Waals surface area contributed by atoms with Gasteiger partial charge in [-0.05, 0) is 39.0 Å². The van der Waals surface area contributed by atoms with E-state index in [0.717, 1.165) is 0 Å². The van der Waals surface area contributed by atoms with Crippen LogP contribution in [0.4, 0.5) is 14.5 Å². The summed E-state index contributed by atoms with van der Waals surface area (Å²) in [6, 6.07) is 3.41. The lowest BCUT2D eigenvalue weighted by atomic mass is 10.2. The summed E-state index contributed by atoms with van der Waals surface area (Å²) in [7, 11) is -3.75. The molecule has 1 aromatic heterocycles. The molecule has 0 aliphatic carbocycles. The molecule has 9 nitrogen and oxygen atoms in total. The van der Waals surface area contributed by atoms with Crippen molar-refractivity contribution in [1.29, 1.82) is 0 Å². The first-order valence-corrected chi connectivity index (χ1v) is 11.5. The molecule has 2 aromatic rings. The van der Waals surface area contributed by atoms with E-state index in [2.05, 4.69) is 15.2 Å². The quantitative estimate of drug-likeness (QED) is 0.633. The molecule has 1 amide bonds. The van der Waals surface area contributed by atoms with Crippen molar-refractivity contribution in [3.8, 4) is 5.75 Å². The van der Waals surface area contributed by atoms with E-state index in [1.165, 1.54) is 22.5 Å². The summed E-state index contributed by atoms with van der Waals surface area (Å²) in [5.41, 5.74) is 0.634. The standard InChI is InChI=1S/C19H23ClF2N4O5S/c1-11-17(13(3)31-24-11)32(28,29)26-8-6-25(7-9-26)12(2)18(27)23-14-4-5-16(15(20)10-14)30-19(21)22/h4-5,10,12,19H,6-9H2,1-3H3,(H,23,27)/t12-/m0/s1. The first-order valence-electron chi connectivity index (χ1n) is 9.73. The van der Waals surface area contributed by atoms with Crippen molar-refractivity contribution in [3.63, 3.8) is 0 Å². The number of benzene rings is 1. The van der Waals surface area contributed by atoms with E-state index >= 15 is 0 Å². The van der Waals surface area contributed by atoms with Crippen LogP contribution in [-0.2, 0) is 14.8 Å². The zero-order valence-corrected chi connectivity index (χ0v) is 19.2. The topological polar surface area (TPSA) is 105 Å². The van der Waals surface area contributed by atoms with Crippen LogP contribution >= 0.6 is 11.6 Å². The van der Waals surface area contributed by atoms with Crippen LogP contribution in [0.5, 0.6) is 5.75 Å². The van der Waals surface area contributed by atoms with Gasteiger partial charge in [-0.1, -0.05) is 16.8 Å². The Hall–Kier alpha value is -2.28. The van der Waals surface area contributed by atoms with E-state index in [1.54, 1.807) is 20.8 Å². The van der Waals surface area contributed by atoms with E-state index in [1.807, 2.05) is 4.90 Å². The highest BCUT2D eigenvalue weighted by Gasteiger charge is 2.35. The van der Waals surface area contributed by atoms with Crippen LogP contribution in [0.25, 0.3) is 0 Å². The number of rotatable bonds is 7. The maximum Gasteiger partial charge on any atom is 0.387 e. The molecule has 13 heteroatoms. The maximum absolute atomic E-state index is 12.9. The number of sulfonamides is 1. The Labute approximate surface area is 189 Å². The molecule has 0 unspecified atom stereocenters. The lowest BCUT2D eigenvalue weighted by Crippen LogP contribution is -2.54. The number of hydrogen-bond donors (Lipinski definition) is 1. The Morgan fingerprint density at radius 3 is 2.44 bits per heavy atom. The summed E-state index contributed by atoms with van der Waals surface area (Å²) in [4.78, 5) is 14.6. The molecule has 1 aliphatic rings. The van der Waals surface area contributed by atoms with Crippen LogP contribution in [0.3, 0.4) is 0 Å². The Morgan fingerprint density at radius 1 is 1.25 bits per heavy atom. The average Bonchev–Trinajstić information content (AvgIpc) is 3.08. The minimum Gasteiger partial charge on any atom is -0.433 e. The van der Waals surface area contributed by atoms with Crippen molar-refractivity contribution in [2.75, 3.05) is 31.5 Å². The van der Waals surface area contributed by atoms with Crippen LogP contribution in [0.1, 0.15) is 18.4 Å². The highest BCUT2D eigenvalue weighted by molar-refractivity contribution is 7.89. The van der Waals surface area contributed by atoms with Gasteiger partial charge in [0, 0.05) is 31.9 Å². The summed E-state index contributed by atoms with van der Waals surface area (Å²) in [5.74, 6) is -0.296. The predicted octanol–water partition coefficient (Wildman–Crippen LogP) is 2.88. The monoisotopic (exact) mass is 492 g/mol. The molecule has 1 N–H and O–H groups in total. The fourth-order valence-electron chi connectivity index (χ4n) is 3.49. The second-order valence-electron chi connectivity index (χ2n) is 7.28. The largest absolute Gasteiger partial charge is 0.433 e. The van der Waals surface area contributed by atoms with Crippen LogP contribution in [0, 0.1) is 13.8 Å². The van der Waals surface area contributed by atoms with Crippen LogP contribution in [-0.4, -0.2) is 67.5 Å². The van der Waals surface area contributed by atoms with Crippen molar-refractivity contribution in [2.45, 2.75) is 38.3 Å². The zero-order chi connectivity index (χ0) is 23.6. The predicted molar refractivity (Wildman–Crippen MR) is 112 cm³/mol. The summed E-state index contributed by atoms with van der Waals surface area (Å²) < 4.78 is 61.1. The number of nitrogens with zero attached hydrogens (tertiary/aromatic N) is 3. The van der Waals surface area contributed by atoms with Gasteiger partial charge in [0.2, 0.25) is 15.9 Å². The third kappa shape index (κ3) is 5.20. The number of anilines is 1. The van der Waals surface area contributed by atoms with Gasteiger partial charge >= 0.3 is 6.61 Å². The van der Waals surface area contributed by atoms with E-state index in [0.29, 0.717) is 24.5 Å². The van der Waals surface area contributed by atoms with Crippen molar-refractivity contribution in [2.24, 2.45) is 0 Å². The Bertz CT molecular complexity index is 1070. The summed E-state index contributed by atoms with van der Waals surface area (Å²) >= 11 is 5.91. The lowest BCUT2D eigenvalue weighted by Gasteiger charge is -2.36. The highest BCUT2D eigenvalue weighted by Crippen LogP contribution is 2.29. The van der Waals surface area contributed by atoms with E-state index < -0.39 is 22.7 Å². The minimum absolute atomic E-state index is 0.0612. The number of aryl methyl sites for hydroxylation is 2.